The average Bonchev–Trinajstić information content (AvgIpc) is 2.23. The highest BCUT2D eigenvalue weighted by atomic mass is 15.0. The van der Waals surface area contributed by atoms with E-state index >= 15 is 0 Å². The first kappa shape index (κ1) is 16.6. The first-order valence-corrected chi connectivity index (χ1v) is 6.30. The van der Waals surface area contributed by atoms with Crippen molar-refractivity contribution < 1.29 is 0 Å². The minimum atomic E-state index is -0.363. The smallest absolute Gasteiger partial charge is 0.0937 e. The van der Waals surface area contributed by atoms with Gasteiger partial charge in [0, 0.05) is 24.0 Å². The zero-order chi connectivity index (χ0) is 14.4. The summed E-state index contributed by atoms with van der Waals surface area (Å²) in [5.41, 5.74) is 1.09. The van der Waals surface area contributed by atoms with Gasteiger partial charge in [-0.3, -0.25) is 4.99 Å². The zero-order valence-corrected chi connectivity index (χ0v) is 12.6. The normalized spacial score (nSPS) is 13.2. The second kappa shape index (κ2) is 6.53. The van der Waals surface area contributed by atoms with Crippen molar-refractivity contribution in [2.45, 2.75) is 53.5 Å². The van der Waals surface area contributed by atoms with Crippen molar-refractivity contribution in [2.75, 3.05) is 0 Å². The summed E-state index contributed by atoms with van der Waals surface area (Å²) in [6.07, 6.45) is 6.16. The van der Waals surface area contributed by atoms with Crippen LogP contribution in [0.15, 0.2) is 29.5 Å². The number of nitrogens with one attached hydrogen (secondary N) is 2. The molecule has 0 spiro atoms. The highest BCUT2D eigenvalue weighted by Gasteiger charge is 2.20. The van der Waals surface area contributed by atoms with Crippen molar-refractivity contribution >= 4 is 11.9 Å². The SMILES string of the molecule is C=C(N/C=C\C)C(C)(C)N=CCC(=N)C(C)(C)C. The number of rotatable bonds is 6. The van der Waals surface area contributed by atoms with Crippen LogP contribution in [0.4, 0.5) is 0 Å². The Morgan fingerprint density at radius 1 is 1.28 bits per heavy atom. The van der Waals surface area contributed by atoms with Crippen molar-refractivity contribution in [3.63, 3.8) is 0 Å². The van der Waals surface area contributed by atoms with Crippen molar-refractivity contribution in [2.24, 2.45) is 10.4 Å². The van der Waals surface area contributed by atoms with Gasteiger partial charge in [0.1, 0.15) is 0 Å². The molecule has 0 fully saturated rings. The van der Waals surface area contributed by atoms with E-state index in [1.165, 1.54) is 0 Å². The van der Waals surface area contributed by atoms with E-state index in [1.54, 1.807) is 0 Å². The summed E-state index contributed by atoms with van der Waals surface area (Å²) in [5, 5.41) is 11.0. The fourth-order valence-corrected chi connectivity index (χ4v) is 1.11. The van der Waals surface area contributed by atoms with E-state index < -0.39 is 0 Å². The zero-order valence-electron chi connectivity index (χ0n) is 12.6. The molecule has 0 heterocycles. The summed E-state index contributed by atoms with van der Waals surface area (Å²) in [5.74, 6) is 0. The first-order valence-electron chi connectivity index (χ1n) is 6.30. The molecular weight excluding hydrogens is 222 g/mol. The molecule has 2 N–H and O–H groups in total. The molecule has 0 aromatic rings. The summed E-state index contributed by atoms with van der Waals surface area (Å²) >= 11 is 0. The second-order valence-electron chi connectivity index (χ2n) is 5.93. The van der Waals surface area contributed by atoms with E-state index in [-0.39, 0.29) is 11.0 Å². The monoisotopic (exact) mass is 249 g/mol. The number of aliphatic imine (C=N–C) groups is 1. The maximum atomic E-state index is 7.93. The van der Waals surface area contributed by atoms with Crippen molar-refractivity contribution in [3.05, 3.63) is 24.6 Å². The predicted octanol–water partition coefficient (Wildman–Crippen LogP) is 3.93. The fraction of sp³-hybridized carbons (Fsp3) is 0.600. The van der Waals surface area contributed by atoms with Crippen LogP contribution in [0.3, 0.4) is 0 Å². The van der Waals surface area contributed by atoms with Crippen LogP contribution in [-0.2, 0) is 0 Å². The molecule has 0 rings (SSSR count). The first-order chi connectivity index (χ1) is 8.11. The van der Waals surface area contributed by atoms with E-state index in [9.17, 15) is 0 Å². The van der Waals surface area contributed by atoms with Gasteiger partial charge in [-0.25, -0.2) is 0 Å². The van der Waals surface area contributed by atoms with Crippen molar-refractivity contribution in [1.82, 2.24) is 5.32 Å². The highest BCUT2D eigenvalue weighted by Crippen LogP contribution is 2.19. The van der Waals surface area contributed by atoms with Crippen LogP contribution >= 0.6 is 0 Å². The second-order valence-corrected chi connectivity index (χ2v) is 5.93. The molecule has 0 aliphatic rings. The standard InChI is InChI=1S/C15H27N3/c1-8-10-17-12(2)15(6,7)18-11-9-13(16)14(3,4)5/h8,10-11,16-17H,2,9H2,1,3-7H3/b10-8-,16-13?,18-11?. The molecule has 3 heteroatoms. The van der Waals surface area contributed by atoms with E-state index in [0.717, 1.165) is 5.70 Å². The van der Waals surface area contributed by atoms with E-state index in [2.05, 4.69) is 16.9 Å². The van der Waals surface area contributed by atoms with E-state index in [1.807, 2.05) is 60.0 Å². The molecule has 0 bridgehead atoms. The molecular formula is C15H27N3. The minimum absolute atomic E-state index is 0.0869. The summed E-state index contributed by atoms with van der Waals surface area (Å²) in [6, 6.07) is 0. The van der Waals surface area contributed by atoms with Gasteiger partial charge >= 0.3 is 0 Å². The van der Waals surface area contributed by atoms with Gasteiger partial charge in [-0.1, -0.05) is 33.4 Å². The van der Waals surface area contributed by atoms with Crippen LogP contribution < -0.4 is 5.32 Å². The lowest BCUT2D eigenvalue weighted by Gasteiger charge is -2.23. The molecule has 0 saturated carbocycles. The maximum absolute atomic E-state index is 7.93. The van der Waals surface area contributed by atoms with Gasteiger partial charge < -0.3 is 10.7 Å². The number of hydrogen-bond donors (Lipinski definition) is 2. The molecule has 18 heavy (non-hydrogen) atoms. The molecule has 0 amide bonds. The topological polar surface area (TPSA) is 48.2 Å². The van der Waals surface area contributed by atoms with Crippen LogP contribution in [0, 0.1) is 10.8 Å². The van der Waals surface area contributed by atoms with Crippen LogP contribution in [0.5, 0.6) is 0 Å². The Bertz CT molecular complexity index is 354. The summed E-state index contributed by atoms with van der Waals surface area (Å²) in [4.78, 5) is 4.50. The molecule has 102 valence electrons. The molecule has 0 unspecified atom stereocenters. The van der Waals surface area contributed by atoms with Crippen LogP contribution in [0.1, 0.15) is 48.0 Å². The third-order valence-electron chi connectivity index (χ3n) is 2.78. The third-order valence-corrected chi connectivity index (χ3v) is 2.78. The Kier molecular flexibility index (Phi) is 6.02. The number of nitrogens with zero attached hydrogens (tertiary/aromatic N) is 1. The Morgan fingerprint density at radius 2 is 1.83 bits per heavy atom. The van der Waals surface area contributed by atoms with Crippen molar-refractivity contribution in [1.29, 1.82) is 5.41 Å². The molecule has 0 aliphatic heterocycles. The van der Waals surface area contributed by atoms with Gasteiger partial charge in [-0.05, 0) is 32.4 Å². The predicted molar refractivity (Wildman–Crippen MR) is 81.5 cm³/mol. The van der Waals surface area contributed by atoms with Crippen LogP contribution in [0.2, 0.25) is 0 Å². The molecule has 0 atom stereocenters. The number of hydrogen-bond acceptors (Lipinski definition) is 3. The van der Waals surface area contributed by atoms with Gasteiger partial charge in [-0.15, -0.1) is 0 Å². The van der Waals surface area contributed by atoms with E-state index in [4.69, 9.17) is 5.41 Å². The van der Waals surface area contributed by atoms with Gasteiger partial charge in [0.25, 0.3) is 0 Å². The lowest BCUT2D eigenvalue weighted by molar-refractivity contribution is 0.576. The molecule has 0 aromatic heterocycles. The van der Waals surface area contributed by atoms with Crippen LogP contribution in [0.25, 0.3) is 0 Å². The van der Waals surface area contributed by atoms with Gasteiger partial charge in [0.05, 0.1) is 5.54 Å². The fourth-order valence-electron chi connectivity index (χ4n) is 1.11. The summed E-state index contributed by atoms with van der Waals surface area (Å²) in [7, 11) is 0. The highest BCUT2D eigenvalue weighted by molar-refractivity contribution is 5.96. The third kappa shape index (κ3) is 5.80. The maximum Gasteiger partial charge on any atom is 0.0937 e. The number of allylic oxidation sites excluding steroid dienone is 1. The van der Waals surface area contributed by atoms with Crippen LogP contribution in [-0.4, -0.2) is 17.5 Å². The molecule has 0 radical (unpaired) electrons. The molecule has 0 aromatic carbocycles. The van der Waals surface area contributed by atoms with Crippen molar-refractivity contribution in [3.8, 4) is 0 Å². The average molecular weight is 249 g/mol. The van der Waals surface area contributed by atoms with Gasteiger partial charge in [-0.2, -0.15) is 0 Å². The Labute approximate surface area is 112 Å². The van der Waals surface area contributed by atoms with Gasteiger partial charge in [0.15, 0.2) is 0 Å². The largest absolute Gasteiger partial charge is 0.364 e. The summed E-state index contributed by atoms with van der Waals surface area (Å²) < 4.78 is 0. The minimum Gasteiger partial charge on any atom is -0.364 e. The Morgan fingerprint density at radius 3 is 2.28 bits per heavy atom. The molecule has 3 nitrogen and oxygen atoms in total. The Balaban J connectivity index is 4.49. The molecule has 0 saturated heterocycles. The molecule has 0 aliphatic carbocycles. The lowest BCUT2D eigenvalue weighted by Crippen LogP contribution is -2.28. The summed E-state index contributed by atoms with van der Waals surface area (Å²) in [6.45, 7) is 16.1. The Hall–Kier alpha value is -1.38. The van der Waals surface area contributed by atoms with E-state index in [0.29, 0.717) is 12.1 Å². The van der Waals surface area contributed by atoms with Gasteiger partial charge in [0.2, 0.25) is 0 Å². The quantitative estimate of drug-likeness (QED) is 0.688. The lowest BCUT2D eigenvalue weighted by atomic mass is 9.88.